The summed E-state index contributed by atoms with van der Waals surface area (Å²) in [4.78, 5) is 54.7. The highest BCUT2D eigenvalue weighted by atomic mass is 32.2. The molecule has 2 aromatic heterocycles. The first-order valence-electron chi connectivity index (χ1n) is 11.4. The Labute approximate surface area is 221 Å². The van der Waals surface area contributed by atoms with E-state index in [-0.39, 0.29) is 22.2 Å². The van der Waals surface area contributed by atoms with Crippen LogP contribution in [0.5, 0.6) is 0 Å². The van der Waals surface area contributed by atoms with Crippen molar-refractivity contribution in [3.05, 3.63) is 47.1 Å². The number of hydrogen-bond donors (Lipinski definition) is 2. The molecule has 37 heavy (non-hydrogen) atoms. The molecular weight excluding hydrogens is 520 g/mol. The van der Waals surface area contributed by atoms with Gasteiger partial charge < -0.3 is 25.8 Å². The second kappa shape index (κ2) is 11.2. The molecule has 3 N–H and O–H groups in total. The Morgan fingerprint density at radius 2 is 2.08 bits per heavy atom. The van der Waals surface area contributed by atoms with E-state index in [9.17, 15) is 19.5 Å². The minimum absolute atomic E-state index is 0.144. The fraction of sp³-hybridized carbons (Fsp3) is 0.409. The van der Waals surface area contributed by atoms with Crippen LogP contribution in [-0.4, -0.2) is 80.6 Å². The normalized spacial score (nSPS) is 20.4. The van der Waals surface area contributed by atoms with Crippen molar-refractivity contribution in [2.45, 2.75) is 31.4 Å². The summed E-state index contributed by atoms with van der Waals surface area (Å²) in [7, 11) is 1.28. The lowest BCUT2D eigenvalue weighted by Gasteiger charge is -2.51. The molecule has 2 aromatic rings. The van der Waals surface area contributed by atoms with Gasteiger partial charge in [0.25, 0.3) is 11.8 Å². The Kier molecular flexibility index (Phi) is 8.04. The average molecular weight is 547 g/mol. The summed E-state index contributed by atoms with van der Waals surface area (Å²) in [5.74, 6) is -2.40. The first-order chi connectivity index (χ1) is 17.8. The third kappa shape index (κ3) is 5.01. The third-order valence-corrected chi connectivity index (χ3v) is 8.02. The van der Waals surface area contributed by atoms with Gasteiger partial charge in [0.2, 0.25) is 6.17 Å². The van der Waals surface area contributed by atoms with Gasteiger partial charge in [-0.25, -0.2) is 9.88 Å². The number of β-lactam (4-membered cyclic amide) rings is 1. The van der Waals surface area contributed by atoms with Gasteiger partial charge in [0.1, 0.15) is 24.2 Å². The predicted molar refractivity (Wildman–Crippen MR) is 134 cm³/mol. The third-order valence-electron chi connectivity index (χ3n) is 6.04. The van der Waals surface area contributed by atoms with Crippen LogP contribution in [0, 0.1) is 0 Å². The standard InChI is InChI=1S/C22H26N8O5S2/c1-4-28(5-2)18(29-8-6-24-7-9-29)12-10-36-20-15(19(32)30(20)16(12)21(33)34)26-17(31)14(27-35-3)13-11-37-22(23)25-13/h6-9,11,15,18,20H,4-5,10H2,1-3H3,(H3-,23,25,26,31,33,34)/b27-14-/t15?,18?,20-/m1/s1. The van der Waals surface area contributed by atoms with Gasteiger partial charge in [-0.15, -0.1) is 23.1 Å². The highest BCUT2D eigenvalue weighted by Gasteiger charge is 2.55. The number of thiazole rings is 1. The number of carboxylic acid groups (broad SMARTS) is 1. The summed E-state index contributed by atoms with van der Waals surface area (Å²) in [5.41, 5.74) is 6.07. The lowest BCUT2D eigenvalue weighted by molar-refractivity contribution is -0.735. The molecule has 0 aromatic carbocycles. The fourth-order valence-electron chi connectivity index (χ4n) is 4.38. The Morgan fingerprint density at radius 3 is 2.65 bits per heavy atom. The summed E-state index contributed by atoms with van der Waals surface area (Å²) < 4.78 is 1.86. The van der Waals surface area contributed by atoms with E-state index in [1.54, 1.807) is 30.2 Å². The lowest BCUT2D eigenvalue weighted by Crippen LogP contribution is -2.72. The number of carbonyl (C=O) groups is 3. The molecule has 4 rings (SSSR count). The maximum absolute atomic E-state index is 13.2. The minimum atomic E-state index is -1.45. The zero-order valence-corrected chi connectivity index (χ0v) is 22.0. The molecule has 0 spiro atoms. The zero-order valence-electron chi connectivity index (χ0n) is 20.4. The van der Waals surface area contributed by atoms with Crippen molar-refractivity contribution in [3.8, 4) is 0 Å². The van der Waals surface area contributed by atoms with Gasteiger partial charge in [-0.3, -0.25) is 19.5 Å². The van der Waals surface area contributed by atoms with Crippen molar-refractivity contribution < 1.29 is 28.9 Å². The molecular formula is C22H26N8O5S2. The molecule has 2 amide bonds. The highest BCUT2D eigenvalue weighted by Crippen LogP contribution is 2.42. The van der Waals surface area contributed by atoms with Gasteiger partial charge in [-0.05, 0) is 0 Å². The van der Waals surface area contributed by atoms with Gasteiger partial charge in [0.15, 0.2) is 23.2 Å². The number of aromatic nitrogens is 3. The number of amides is 2. The first kappa shape index (κ1) is 26.5. The monoisotopic (exact) mass is 546 g/mol. The minimum Gasteiger partial charge on any atom is -0.543 e. The number of aliphatic carboxylic acids is 1. The van der Waals surface area contributed by atoms with E-state index >= 15 is 0 Å². The van der Waals surface area contributed by atoms with E-state index < -0.39 is 35.4 Å². The van der Waals surface area contributed by atoms with Crippen molar-refractivity contribution in [3.63, 3.8) is 0 Å². The molecule has 0 bridgehead atoms. The van der Waals surface area contributed by atoms with Crippen molar-refractivity contribution in [1.29, 1.82) is 0 Å². The molecule has 3 atom stereocenters. The number of thioether (sulfide) groups is 1. The molecule has 13 nitrogen and oxygen atoms in total. The zero-order chi connectivity index (χ0) is 26.7. The largest absolute Gasteiger partial charge is 0.543 e. The van der Waals surface area contributed by atoms with Crippen molar-refractivity contribution in [2.24, 2.45) is 5.16 Å². The van der Waals surface area contributed by atoms with Crippen LogP contribution in [-0.2, 0) is 19.2 Å². The molecule has 1 saturated heterocycles. The van der Waals surface area contributed by atoms with Gasteiger partial charge in [0, 0.05) is 29.8 Å². The van der Waals surface area contributed by atoms with Crippen LogP contribution in [0.15, 0.2) is 46.6 Å². The fourth-order valence-corrected chi connectivity index (χ4v) is 6.30. The summed E-state index contributed by atoms with van der Waals surface area (Å²) in [6, 6.07) is -0.966. The number of hydrogen-bond acceptors (Lipinski definition) is 12. The molecule has 0 saturated carbocycles. The van der Waals surface area contributed by atoms with E-state index in [0.29, 0.717) is 24.4 Å². The first-order valence-corrected chi connectivity index (χ1v) is 13.3. The molecule has 15 heteroatoms. The number of nitrogens with one attached hydrogen (secondary N) is 1. The Hall–Kier alpha value is -3.56. The Balaban J connectivity index is 1.64. The molecule has 2 aliphatic heterocycles. The van der Waals surface area contributed by atoms with Gasteiger partial charge in [-0.1, -0.05) is 19.0 Å². The Bertz CT molecular complexity index is 1250. The molecule has 4 heterocycles. The summed E-state index contributed by atoms with van der Waals surface area (Å²) in [5, 5.41) is 19.9. The molecule has 0 radical (unpaired) electrons. The van der Waals surface area contributed by atoms with Crippen LogP contribution < -0.4 is 20.7 Å². The van der Waals surface area contributed by atoms with Crippen LogP contribution in [0.2, 0.25) is 0 Å². The van der Waals surface area contributed by atoms with Crippen LogP contribution in [0.3, 0.4) is 0 Å². The number of carbonyl (C=O) groups excluding carboxylic acids is 3. The van der Waals surface area contributed by atoms with Crippen LogP contribution >= 0.6 is 23.1 Å². The SMILES string of the molecule is CCN(CC)C(C1=C(C(=O)[O-])N2C(=O)C(NC(=O)/C(=N\OC)c3csc(N)n3)[C@H]2SC1)[n+]1ccncc1. The summed E-state index contributed by atoms with van der Waals surface area (Å²) >= 11 is 2.49. The Morgan fingerprint density at radius 1 is 1.38 bits per heavy atom. The molecule has 2 aliphatic rings. The van der Waals surface area contributed by atoms with E-state index in [0.717, 1.165) is 11.3 Å². The number of nitrogens with two attached hydrogens (primary N) is 1. The summed E-state index contributed by atoms with van der Waals surface area (Å²) in [6.45, 7) is 5.24. The van der Waals surface area contributed by atoms with E-state index in [2.05, 4.69) is 25.3 Å². The number of anilines is 1. The average Bonchev–Trinajstić information content (AvgIpc) is 3.33. The molecule has 1 fully saturated rings. The number of oxime groups is 1. The number of nitrogens with zero attached hydrogens (tertiary/aromatic N) is 6. The second-order valence-corrected chi connectivity index (χ2v) is 10.00. The smallest absolute Gasteiger partial charge is 0.276 e. The van der Waals surface area contributed by atoms with Crippen molar-refractivity contribution in [1.82, 2.24) is 25.1 Å². The number of likely N-dealkylation sites (N-methyl/N-ethyl adjacent to an activating group) is 1. The van der Waals surface area contributed by atoms with Crippen molar-refractivity contribution >= 4 is 51.7 Å². The van der Waals surface area contributed by atoms with E-state index in [1.165, 1.54) is 23.8 Å². The number of rotatable bonds is 10. The van der Waals surface area contributed by atoms with Gasteiger partial charge in [-0.2, -0.15) is 4.57 Å². The van der Waals surface area contributed by atoms with E-state index in [1.807, 2.05) is 18.4 Å². The predicted octanol–water partition coefficient (Wildman–Crippen LogP) is -1.30. The number of nitrogen functional groups attached to an aromatic ring is 1. The van der Waals surface area contributed by atoms with Gasteiger partial charge in [0.05, 0.1) is 24.1 Å². The highest BCUT2D eigenvalue weighted by molar-refractivity contribution is 8.00. The van der Waals surface area contributed by atoms with Crippen LogP contribution in [0.25, 0.3) is 0 Å². The quantitative estimate of drug-likeness (QED) is 0.158. The maximum Gasteiger partial charge on any atom is 0.276 e. The number of carboxylic acids is 1. The number of fused-ring (bicyclic) bond motifs is 1. The van der Waals surface area contributed by atoms with Crippen molar-refractivity contribution in [2.75, 3.05) is 31.7 Å². The van der Waals surface area contributed by atoms with Crippen LogP contribution in [0.1, 0.15) is 25.7 Å². The molecule has 196 valence electrons. The van der Waals surface area contributed by atoms with Crippen LogP contribution in [0.4, 0.5) is 5.13 Å². The molecule has 0 aliphatic carbocycles. The summed E-state index contributed by atoms with van der Waals surface area (Å²) in [6.07, 6.45) is 6.27. The molecule has 2 unspecified atom stereocenters. The second-order valence-electron chi connectivity index (χ2n) is 8.00. The lowest BCUT2D eigenvalue weighted by atomic mass is 10.0. The topological polar surface area (TPSA) is 170 Å². The maximum atomic E-state index is 13.2. The van der Waals surface area contributed by atoms with E-state index in [4.69, 9.17) is 10.6 Å². The van der Waals surface area contributed by atoms with Gasteiger partial charge >= 0.3 is 0 Å².